The average molecular weight is 339 g/mol. The Hall–Kier alpha value is -2.11. The highest BCUT2D eigenvalue weighted by Gasteiger charge is 2.49. The lowest BCUT2D eigenvalue weighted by Gasteiger charge is -2.24. The lowest BCUT2D eigenvalue weighted by atomic mass is 10.1. The number of benzene rings is 2. The zero-order valence-corrected chi connectivity index (χ0v) is 12.8. The molecule has 2 rings (SSSR count). The Balaban J connectivity index is 2.34. The summed E-state index contributed by atoms with van der Waals surface area (Å²) in [6.45, 7) is 0. The molecule has 1 N–H and O–H groups in total. The highest BCUT2D eigenvalue weighted by Crippen LogP contribution is 2.36. The number of halogens is 2. The van der Waals surface area contributed by atoms with Crippen LogP contribution in [-0.4, -0.2) is 15.3 Å². The lowest BCUT2D eigenvalue weighted by Crippen LogP contribution is -2.43. The van der Waals surface area contributed by atoms with Gasteiger partial charge in [-0.25, -0.2) is 0 Å². The standard InChI is InChI=1S/C15H12Cl2N2O3/c16-15(17,19(21)22)13(11-7-3-1-4-8-11)18-14(20)12-9-5-2-6-10-12/h1-10,13H,(H,18,20). The number of carbonyl (C=O) groups excluding carboxylic acids is 1. The fourth-order valence-electron chi connectivity index (χ4n) is 1.93. The summed E-state index contributed by atoms with van der Waals surface area (Å²) in [5.41, 5.74) is 0.796. The topological polar surface area (TPSA) is 72.2 Å². The van der Waals surface area contributed by atoms with E-state index in [1.165, 1.54) is 0 Å². The average Bonchev–Trinajstić information content (AvgIpc) is 2.53. The van der Waals surface area contributed by atoms with E-state index in [2.05, 4.69) is 5.32 Å². The zero-order valence-electron chi connectivity index (χ0n) is 11.3. The zero-order chi connectivity index (χ0) is 16.2. The molecule has 0 aliphatic rings. The van der Waals surface area contributed by atoms with E-state index < -0.39 is 21.3 Å². The molecule has 0 spiro atoms. The van der Waals surface area contributed by atoms with E-state index >= 15 is 0 Å². The van der Waals surface area contributed by atoms with Crippen molar-refractivity contribution < 1.29 is 9.72 Å². The van der Waals surface area contributed by atoms with Crippen molar-refractivity contribution in [1.29, 1.82) is 0 Å². The molecule has 0 saturated heterocycles. The van der Waals surface area contributed by atoms with E-state index in [4.69, 9.17) is 23.2 Å². The molecular weight excluding hydrogens is 327 g/mol. The first-order valence-corrected chi connectivity index (χ1v) is 7.11. The third kappa shape index (κ3) is 3.55. The molecule has 1 atom stereocenters. The highest BCUT2D eigenvalue weighted by atomic mass is 35.5. The molecule has 7 heteroatoms. The molecule has 0 fully saturated rings. The van der Waals surface area contributed by atoms with Crippen molar-refractivity contribution in [3.8, 4) is 0 Å². The smallest absolute Gasteiger partial charge is 0.336 e. The van der Waals surface area contributed by atoms with Crippen LogP contribution in [0.3, 0.4) is 0 Å². The molecule has 0 aliphatic heterocycles. The Labute approximate surface area is 137 Å². The van der Waals surface area contributed by atoms with Crippen molar-refractivity contribution in [2.75, 3.05) is 0 Å². The Morgan fingerprint density at radius 2 is 1.55 bits per heavy atom. The van der Waals surface area contributed by atoms with Gasteiger partial charge in [-0.05, 0) is 40.9 Å². The quantitative estimate of drug-likeness (QED) is 0.392. The highest BCUT2D eigenvalue weighted by molar-refractivity contribution is 6.47. The van der Waals surface area contributed by atoms with Gasteiger partial charge in [0, 0.05) is 5.56 Å². The third-order valence-corrected chi connectivity index (χ3v) is 3.75. The maximum atomic E-state index is 12.2. The van der Waals surface area contributed by atoms with Gasteiger partial charge in [0.25, 0.3) is 5.91 Å². The van der Waals surface area contributed by atoms with E-state index in [9.17, 15) is 14.9 Å². The van der Waals surface area contributed by atoms with Crippen LogP contribution in [0.5, 0.6) is 0 Å². The van der Waals surface area contributed by atoms with Crippen LogP contribution in [0.25, 0.3) is 0 Å². The summed E-state index contributed by atoms with van der Waals surface area (Å²) in [7, 11) is 0. The molecule has 2 aromatic carbocycles. The van der Waals surface area contributed by atoms with Gasteiger partial charge >= 0.3 is 4.46 Å². The van der Waals surface area contributed by atoms with Crippen molar-refractivity contribution >= 4 is 29.1 Å². The van der Waals surface area contributed by atoms with Gasteiger partial charge in [-0.2, -0.15) is 0 Å². The summed E-state index contributed by atoms with van der Waals surface area (Å²) in [4.78, 5) is 22.6. The van der Waals surface area contributed by atoms with Crippen LogP contribution in [0.4, 0.5) is 0 Å². The maximum Gasteiger partial charge on any atom is 0.394 e. The summed E-state index contributed by atoms with van der Waals surface area (Å²) in [5.74, 6) is -0.498. The van der Waals surface area contributed by atoms with Crippen molar-refractivity contribution in [2.45, 2.75) is 10.5 Å². The van der Waals surface area contributed by atoms with E-state index in [1.807, 2.05) is 0 Å². The summed E-state index contributed by atoms with van der Waals surface area (Å²) in [6, 6.07) is 15.5. The van der Waals surface area contributed by atoms with Gasteiger partial charge in [0.05, 0.1) is 4.92 Å². The number of carbonyl (C=O) groups is 1. The van der Waals surface area contributed by atoms with Crippen LogP contribution in [0.1, 0.15) is 22.0 Å². The minimum atomic E-state index is -2.38. The SMILES string of the molecule is O=C(NC(c1ccccc1)C(Cl)(Cl)[N+](=O)[O-])c1ccccc1. The first-order valence-electron chi connectivity index (χ1n) is 6.36. The Kier molecular flexibility index (Phi) is 5.00. The van der Waals surface area contributed by atoms with Gasteiger partial charge in [-0.15, -0.1) is 0 Å². The van der Waals surface area contributed by atoms with Crippen LogP contribution in [0, 0.1) is 10.1 Å². The number of nitrogens with zero attached hydrogens (tertiary/aromatic N) is 1. The molecule has 0 heterocycles. The van der Waals surface area contributed by atoms with Gasteiger partial charge in [-0.1, -0.05) is 48.5 Å². The van der Waals surface area contributed by atoms with Crippen molar-refractivity contribution in [1.82, 2.24) is 5.32 Å². The Morgan fingerprint density at radius 3 is 2.05 bits per heavy atom. The maximum absolute atomic E-state index is 12.2. The fraction of sp³-hybridized carbons (Fsp3) is 0.133. The monoisotopic (exact) mass is 338 g/mol. The van der Waals surface area contributed by atoms with Gasteiger partial charge in [0.15, 0.2) is 6.04 Å². The van der Waals surface area contributed by atoms with Crippen LogP contribution >= 0.6 is 23.2 Å². The third-order valence-electron chi connectivity index (χ3n) is 3.04. The van der Waals surface area contributed by atoms with Gasteiger partial charge < -0.3 is 5.32 Å². The first-order chi connectivity index (χ1) is 10.4. The van der Waals surface area contributed by atoms with E-state index in [0.29, 0.717) is 11.1 Å². The van der Waals surface area contributed by atoms with Crippen LogP contribution in [0.15, 0.2) is 60.7 Å². The lowest BCUT2D eigenvalue weighted by molar-refractivity contribution is -0.521. The molecule has 5 nitrogen and oxygen atoms in total. The molecule has 0 radical (unpaired) electrons. The van der Waals surface area contributed by atoms with Gasteiger partial charge in [-0.3, -0.25) is 14.9 Å². The second-order valence-corrected chi connectivity index (χ2v) is 5.87. The predicted molar refractivity (Wildman–Crippen MR) is 84.5 cm³/mol. The summed E-state index contributed by atoms with van der Waals surface area (Å²) in [5, 5.41) is 13.7. The van der Waals surface area contributed by atoms with E-state index in [-0.39, 0.29) is 0 Å². The van der Waals surface area contributed by atoms with Crippen molar-refractivity contribution in [2.24, 2.45) is 0 Å². The van der Waals surface area contributed by atoms with E-state index in [0.717, 1.165) is 0 Å². The Bertz CT molecular complexity index is 663. The van der Waals surface area contributed by atoms with E-state index in [1.54, 1.807) is 60.7 Å². The van der Waals surface area contributed by atoms with Gasteiger partial charge in [0.2, 0.25) is 0 Å². The summed E-state index contributed by atoms with van der Waals surface area (Å²) in [6.07, 6.45) is 0. The molecule has 0 aromatic heterocycles. The number of nitro groups is 1. The second-order valence-electron chi connectivity index (χ2n) is 4.53. The predicted octanol–water partition coefficient (Wildman–Crippen LogP) is 3.57. The number of alkyl halides is 2. The Morgan fingerprint density at radius 1 is 1.05 bits per heavy atom. The number of hydrogen-bond donors (Lipinski definition) is 1. The minimum absolute atomic E-state index is 0.357. The van der Waals surface area contributed by atoms with Crippen LogP contribution < -0.4 is 5.32 Å². The molecule has 0 saturated carbocycles. The molecule has 1 unspecified atom stereocenters. The number of rotatable bonds is 5. The minimum Gasteiger partial charge on any atom is -0.336 e. The normalized spacial score (nSPS) is 12.5. The van der Waals surface area contributed by atoms with Gasteiger partial charge in [0.1, 0.15) is 0 Å². The van der Waals surface area contributed by atoms with Crippen molar-refractivity contribution in [3.05, 3.63) is 81.9 Å². The molecule has 0 aliphatic carbocycles. The molecule has 22 heavy (non-hydrogen) atoms. The van der Waals surface area contributed by atoms with Crippen LogP contribution in [-0.2, 0) is 0 Å². The van der Waals surface area contributed by atoms with Crippen molar-refractivity contribution in [3.63, 3.8) is 0 Å². The second kappa shape index (κ2) is 6.77. The molecular formula is C15H12Cl2N2O3. The number of hydrogen-bond acceptors (Lipinski definition) is 3. The first kappa shape index (κ1) is 16.3. The molecule has 1 amide bonds. The number of nitrogens with one attached hydrogen (secondary N) is 1. The fourth-order valence-corrected chi connectivity index (χ4v) is 2.29. The summed E-state index contributed by atoms with van der Waals surface area (Å²) < 4.78 is -2.38. The molecule has 0 bridgehead atoms. The largest absolute Gasteiger partial charge is 0.394 e. The van der Waals surface area contributed by atoms with Crippen LogP contribution in [0.2, 0.25) is 0 Å². The molecule has 114 valence electrons. The number of amides is 1. The summed E-state index contributed by atoms with van der Waals surface area (Å²) >= 11 is 11.7. The molecule has 2 aromatic rings.